The lowest BCUT2D eigenvalue weighted by molar-refractivity contribution is -0.143. The molecule has 1 saturated heterocycles. The molecule has 150 valence electrons. The lowest BCUT2D eigenvalue weighted by atomic mass is 9.90. The number of halogens is 3. The molecule has 2 aromatic carbocycles. The van der Waals surface area contributed by atoms with Crippen molar-refractivity contribution in [3.8, 4) is 5.75 Å². The molecule has 1 aliphatic rings. The number of hydrogen-bond acceptors (Lipinski definition) is 3. The Labute approximate surface area is 171 Å². The van der Waals surface area contributed by atoms with Crippen LogP contribution in [0.5, 0.6) is 5.75 Å². The van der Waals surface area contributed by atoms with Gasteiger partial charge in [0.15, 0.2) is 0 Å². The lowest BCUT2D eigenvalue weighted by Gasteiger charge is -2.38. The molecule has 7 heteroatoms. The number of aliphatic carboxylic acids is 1. The van der Waals surface area contributed by atoms with E-state index in [9.17, 15) is 18.7 Å². The van der Waals surface area contributed by atoms with Crippen molar-refractivity contribution in [3.05, 3.63) is 63.6 Å². The van der Waals surface area contributed by atoms with Crippen molar-refractivity contribution >= 4 is 21.9 Å². The van der Waals surface area contributed by atoms with Crippen LogP contribution in [0.25, 0.3) is 0 Å². The molecule has 1 N–H and O–H groups in total. The average Bonchev–Trinajstić information content (AvgIpc) is 2.66. The molecule has 2 atom stereocenters. The van der Waals surface area contributed by atoms with Crippen LogP contribution in [0.15, 0.2) is 40.9 Å². The van der Waals surface area contributed by atoms with Crippen LogP contribution < -0.4 is 4.74 Å². The molecular weight excluding hydrogens is 432 g/mol. The summed E-state index contributed by atoms with van der Waals surface area (Å²) in [5, 5.41) is 9.47. The summed E-state index contributed by atoms with van der Waals surface area (Å²) >= 11 is 3.46. The molecule has 0 spiro atoms. The predicted octanol–water partition coefficient (Wildman–Crippen LogP) is 5.01. The fourth-order valence-electron chi connectivity index (χ4n) is 3.75. The molecule has 3 rings (SSSR count). The molecular formula is C21H22BrF2NO3. The van der Waals surface area contributed by atoms with Crippen LogP contribution in [0, 0.1) is 17.6 Å². The average molecular weight is 454 g/mol. The van der Waals surface area contributed by atoms with Gasteiger partial charge < -0.3 is 9.84 Å². The highest BCUT2D eigenvalue weighted by molar-refractivity contribution is 9.10. The second kappa shape index (κ2) is 9.01. The van der Waals surface area contributed by atoms with Crippen LogP contribution in [0.1, 0.15) is 36.9 Å². The van der Waals surface area contributed by atoms with Gasteiger partial charge in [-0.15, -0.1) is 0 Å². The Bertz CT molecular complexity index is 862. The lowest BCUT2D eigenvalue weighted by Crippen LogP contribution is -2.41. The Kier molecular flexibility index (Phi) is 6.67. The fourth-order valence-corrected chi connectivity index (χ4v) is 4.13. The molecule has 1 aliphatic heterocycles. The Morgan fingerprint density at radius 1 is 1.29 bits per heavy atom. The summed E-state index contributed by atoms with van der Waals surface area (Å²) in [6, 6.07) is 8.42. The minimum absolute atomic E-state index is 0.287. The van der Waals surface area contributed by atoms with Gasteiger partial charge in [0, 0.05) is 28.2 Å². The first-order chi connectivity index (χ1) is 13.4. The van der Waals surface area contributed by atoms with Crippen LogP contribution in [0.3, 0.4) is 0 Å². The third-order valence-electron chi connectivity index (χ3n) is 4.99. The third kappa shape index (κ3) is 4.52. The van der Waals surface area contributed by atoms with Gasteiger partial charge in [-0.3, -0.25) is 9.69 Å². The van der Waals surface area contributed by atoms with Gasteiger partial charge in [-0.25, -0.2) is 8.78 Å². The van der Waals surface area contributed by atoms with Gasteiger partial charge in [-0.2, -0.15) is 0 Å². The van der Waals surface area contributed by atoms with E-state index >= 15 is 0 Å². The number of carboxylic acid groups (broad SMARTS) is 1. The van der Waals surface area contributed by atoms with Crippen LogP contribution >= 0.6 is 15.9 Å². The summed E-state index contributed by atoms with van der Waals surface area (Å²) < 4.78 is 34.9. The van der Waals surface area contributed by atoms with Gasteiger partial charge in [0.25, 0.3) is 0 Å². The van der Waals surface area contributed by atoms with Crippen molar-refractivity contribution in [1.82, 2.24) is 4.90 Å². The summed E-state index contributed by atoms with van der Waals surface area (Å²) in [7, 11) is 0. The summed E-state index contributed by atoms with van der Waals surface area (Å²) in [6.45, 7) is 3.20. The molecule has 0 saturated carbocycles. The van der Waals surface area contributed by atoms with E-state index < -0.39 is 29.6 Å². The summed E-state index contributed by atoms with van der Waals surface area (Å²) in [5.41, 5.74) is 1.01. The van der Waals surface area contributed by atoms with Crippen molar-refractivity contribution in [1.29, 1.82) is 0 Å². The van der Waals surface area contributed by atoms with Crippen LogP contribution in [0.4, 0.5) is 8.78 Å². The smallest absolute Gasteiger partial charge is 0.307 e. The van der Waals surface area contributed by atoms with E-state index in [1.807, 2.05) is 24.0 Å². The van der Waals surface area contributed by atoms with Crippen molar-refractivity contribution in [2.75, 3.05) is 19.7 Å². The van der Waals surface area contributed by atoms with Gasteiger partial charge in [-0.1, -0.05) is 22.0 Å². The maximum atomic E-state index is 14.8. The number of carboxylic acids is 1. The zero-order valence-corrected chi connectivity index (χ0v) is 17.1. The molecule has 2 aromatic rings. The molecule has 0 radical (unpaired) electrons. The van der Waals surface area contributed by atoms with E-state index in [1.165, 1.54) is 12.1 Å². The van der Waals surface area contributed by atoms with Gasteiger partial charge in [0.1, 0.15) is 17.4 Å². The maximum absolute atomic E-state index is 14.8. The predicted molar refractivity (Wildman–Crippen MR) is 105 cm³/mol. The largest absolute Gasteiger partial charge is 0.494 e. The summed E-state index contributed by atoms with van der Waals surface area (Å²) in [4.78, 5) is 13.5. The Morgan fingerprint density at radius 2 is 2.07 bits per heavy atom. The van der Waals surface area contributed by atoms with Crippen LogP contribution in [-0.2, 0) is 4.79 Å². The zero-order chi connectivity index (χ0) is 20.3. The molecule has 2 unspecified atom stereocenters. The van der Waals surface area contributed by atoms with E-state index in [1.54, 1.807) is 6.07 Å². The number of carbonyl (C=O) groups is 1. The highest BCUT2D eigenvalue weighted by atomic mass is 79.9. The number of rotatable bonds is 6. The molecule has 0 amide bonds. The molecule has 0 bridgehead atoms. The summed E-state index contributed by atoms with van der Waals surface area (Å²) in [6.07, 6.45) is 1.27. The number of benzene rings is 2. The molecule has 0 aliphatic carbocycles. The van der Waals surface area contributed by atoms with E-state index in [2.05, 4.69) is 15.9 Å². The molecule has 1 heterocycles. The van der Waals surface area contributed by atoms with E-state index in [0.29, 0.717) is 42.9 Å². The molecule has 0 aromatic heterocycles. The van der Waals surface area contributed by atoms with Gasteiger partial charge in [-0.05, 0) is 50.6 Å². The standard InChI is InChI=1S/C21H22BrF2NO3/c1-2-28-19-8-5-14(22)10-17(19)20(16-7-6-15(23)11-18(16)24)25-9-3-4-13(12-25)21(26)27/h5-8,10-11,13,20H,2-4,9,12H2,1H3,(H,26,27). The van der Waals surface area contributed by atoms with Crippen molar-refractivity contribution in [2.45, 2.75) is 25.8 Å². The fraction of sp³-hybridized carbons (Fsp3) is 0.381. The quantitative estimate of drug-likeness (QED) is 0.667. The second-order valence-electron chi connectivity index (χ2n) is 6.86. The minimum Gasteiger partial charge on any atom is -0.494 e. The zero-order valence-electron chi connectivity index (χ0n) is 15.5. The molecule has 4 nitrogen and oxygen atoms in total. The Hall–Kier alpha value is -1.99. The number of likely N-dealkylation sites (tertiary alicyclic amines) is 1. The maximum Gasteiger partial charge on any atom is 0.307 e. The van der Waals surface area contributed by atoms with Crippen LogP contribution in [0.2, 0.25) is 0 Å². The monoisotopic (exact) mass is 453 g/mol. The Morgan fingerprint density at radius 3 is 2.75 bits per heavy atom. The van der Waals surface area contributed by atoms with Crippen molar-refractivity contribution in [3.63, 3.8) is 0 Å². The van der Waals surface area contributed by atoms with E-state index in [4.69, 9.17) is 4.74 Å². The SMILES string of the molecule is CCOc1ccc(Br)cc1C(c1ccc(F)cc1F)N1CCCC(C(=O)O)C1. The first-order valence-corrected chi connectivity index (χ1v) is 10.0. The number of piperidine rings is 1. The normalized spacial score (nSPS) is 18.6. The minimum atomic E-state index is -0.859. The Balaban J connectivity index is 2.12. The first-order valence-electron chi connectivity index (χ1n) is 9.24. The van der Waals surface area contributed by atoms with E-state index in [0.717, 1.165) is 10.5 Å². The number of nitrogens with zero attached hydrogens (tertiary/aromatic N) is 1. The summed E-state index contributed by atoms with van der Waals surface area (Å²) in [5.74, 6) is -2.10. The third-order valence-corrected chi connectivity index (χ3v) is 5.48. The van der Waals surface area contributed by atoms with Gasteiger partial charge in [0.05, 0.1) is 18.6 Å². The first kappa shape index (κ1) is 20.7. The number of hydrogen-bond donors (Lipinski definition) is 1. The van der Waals surface area contributed by atoms with Gasteiger partial charge in [0.2, 0.25) is 0 Å². The highest BCUT2D eigenvalue weighted by Gasteiger charge is 2.34. The van der Waals surface area contributed by atoms with E-state index in [-0.39, 0.29) is 6.54 Å². The molecule has 1 fully saturated rings. The highest BCUT2D eigenvalue weighted by Crippen LogP contribution is 2.39. The second-order valence-corrected chi connectivity index (χ2v) is 7.77. The number of ether oxygens (including phenoxy) is 1. The van der Waals surface area contributed by atoms with Crippen molar-refractivity contribution < 1.29 is 23.4 Å². The van der Waals surface area contributed by atoms with Gasteiger partial charge >= 0.3 is 5.97 Å². The van der Waals surface area contributed by atoms with Crippen molar-refractivity contribution in [2.24, 2.45) is 5.92 Å². The molecule has 28 heavy (non-hydrogen) atoms. The topological polar surface area (TPSA) is 49.8 Å². The van der Waals surface area contributed by atoms with Crippen LogP contribution in [-0.4, -0.2) is 35.7 Å².